The van der Waals surface area contributed by atoms with Crippen LogP contribution in [0.25, 0.3) is 10.9 Å². The fourth-order valence-corrected chi connectivity index (χ4v) is 6.80. The first kappa shape index (κ1) is 33.8. The Morgan fingerprint density at radius 2 is 1.71 bits per heavy atom. The molecule has 1 N–H and O–H groups in total. The number of hydrogen-bond donors (Lipinski definition) is 1. The number of ether oxygens (including phenoxy) is 1. The monoisotopic (exact) mass is 668 g/mol. The molecule has 4 aromatic rings. The number of halogens is 1. The number of hydrogen-bond acceptors (Lipinski definition) is 7. The summed E-state index contributed by atoms with van der Waals surface area (Å²) in [6.07, 6.45) is 3.82. The molecule has 0 saturated carbocycles. The number of methoxy groups -OCH3 is 1. The lowest BCUT2D eigenvalue weighted by Gasteiger charge is -2.31. The molecule has 11 nitrogen and oxygen atoms in total. The van der Waals surface area contributed by atoms with E-state index in [4.69, 9.17) is 4.74 Å². The zero-order valence-electron chi connectivity index (χ0n) is 27.6. The van der Waals surface area contributed by atoms with Crippen LogP contribution in [0.2, 0.25) is 0 Å². The highest BCUT2D eigenvalue weighted by Gasteiger charge is 2.43. The van der Waals surface area contributed by atoms with Crippen LogP contribution in [-0.2, 0) is 22.7 Å². The molecular formula is C37H41FN6O5. The Kier molecular flexibility index (Phi) is 10.6. The Morgan fingerprint density at radius 1 is 0.939 bits per heavy atom. The summed E-state index contributed by atoms with van der Waals surface area (Å²) in [5, 5.41) is 3.42. The van der Waals surface area contributed by atoms with Gasteiger partial charge in [0, 0.05) is 38.3 Å². The van der Waals surface area contributed by atoms with Crippen molar-refractivity contribution in [3.05, 3.63) is 106 Å². The zero-order valence-corrected chi connectivity index (χ0v) is 27.6. The van der Waals surface area contributed by atoms with Gasteiger partial charge in [-0.1, -0.05) is 36.4 Å². The van der Waals surface area contributed by atoms with Crippen molar-refractivity contribution >= 4 is 28.6 Å². The second kappa shape index (κ2) is 15.4. The molecule has 0 unspecified atom stereocenters. The molecule has 2 atom stereocenters. The number of aromatic nitrogens is 2. The Hall–Kier alpha value is -5.10. The van der Waals surface area contributed by atoms with Crippen molar-refractivity contribution < 1.29 is 23.5 Å². The van der Waals surface area contributed by atoms with Crippen molar-refractivity contribution in [1.82, 2.24) is 29.6 Å². The molecular weight excluding hydrogens is 627 g/mol. The number of para-hydroxylation sites is 1. The number of fused-ring (bicyclic) bond motifs is 3. The lowest BCUT2D eigenvalue weighted by atomic mass is 10.1. The van der Waals surface area contributed by atoms with Crippen molar-refractivity contribution in [1.29, 1.82) is 0 Å². The molecule has 12 heteroatoms. The maximum absolute atomic E-state index is 14.1. The molecule has 0 radical (unpaired) electrons. The van der Waals surface area contributed by atoms with E-state index in [2.05, 4.69) is 15.2 Å². The molecule has 49 heavy (non-hydrogen) atoms. The lowest BCUT2D eigenvalue weighted by molar-refractivity contribution is -0.139. The molecule has 2 bridgehead atoms. The summed E-state index contributed by atoms with van der Waals surface area (Å²) >= 11 is 0. The normalized spacial score (nSPS) is 19.3. The number of carbonyl (C=O) groups is 3. The van der Waals surface area contributed by atoms with Gasteiger partial charge in [0.2, 0.25) is 11.8 Å². The number of likely N-dealkylation sites (tertiary alicyclic amines) is 1. The van der Waals surface area contributed by atoms with Crippen LogP contribution in [-0.4, -0.2) is 93.9 Å². The molecule has 3 aromatic carbocycles. The third-order valence-corrected chi connectivity index (χ3v) is 9.36. The molecule has 2 aliphatic rings. The second-order valence-corrected chi connectivity index (χ2v) is 12.6. The van der Waals surface area contributed by atoms with Crippen LogP contribution in [0.5, 0.6) is 5.75 Å². The van der Waals surface area contributed by atoms with Gasteiger partial charge in [-0.25, -0.2) is 9.37 Å². The first-order chi connectivity index (χ1) is 23.8. The Labute approximate surface area is 284 Å². The third kappa shape index (κ3) is 7.80. The lowest BCUT2D eigenvalue weighted by Crippen LogP contribution is -2.48. The van der Waals surface area contributed by atoms with Gasteiger partial charge in [0.25, 0.3) is 11.5 Å². The summed E-state index contributed by atoms with van der Waals surface area (Å²) < 4.78 is 20.6. The van der Waals surface area contributed by atoms with E-state index >= 15 is 0 Å². The largest absolute Gasteiger partial charge is 0.494 e. The van der Waals surface area contributed by atoms with Gasteiger partial charge in [-0.05, 0) is 74.2 Å². The summed E-state index contributed by atoms with van der Waals surface area (Å²) in [4.78, 5) is 64.7. The zero-order chi connectivity index (χ0) is 34.3. The van der Waals surface area contributed by atoms with Gasteiger partial charge in [-0.15, -0.1) is 0 Å². The quantitative estimate of drug-likeness (QED) is 0.335. The molecule has 256 valence electrons. The maximum Gasteiger partial charge on any atom is 0.261 e. The van der Waals surface area contributed by atoms with Gasteiger partial charge in [0.1, 0.15) is 12.6 Å². The average Bonchev–Trinajstić information content (AvgIpc) is 3.57. The standard InChI is InChI=1S/C37H41FN6O5/c1-49-33-20-26(14-15-30(33)38)22-41-17-8-7-16-39-35(46)32-21-28(43(19-9-18-41)36(47)27-10-3-2-4-11-27)23-44(32)34(45)24-42-25-40-31-13-6-5-12-29(31)37(42)48/h2-6,10-15,20,25,28,32H,7-9,16-19,21-24H2,1H3,(H,39,46)/t28-,32-/m0/s1. The minimum Gasteiger partial charge on any atom is -0.494 e. The molecule has 2 aliphatic heterocycles. The summed E-state index contributed by atoms with van der Waals surface area (Å²) in [5.74, 6) is -1.06. The highest BCUT2D eigenvalue weighted by molar-refractivity contribution is 5.95. The minimum absolute atomic E-state index is 0.157. The van der Waals surface area contributed by atoms with Gasteiger partial charge in [0.15, 0.2) is 11.6 Å². The van der Waals surface area contributed by atoms with Gasteiger partial charge in [-0.3, -0.25) is 28.6 Å². The molecule has 2 fully saturated rings. The van der Waals surface area contributed by atoms with Crippen molar-refractivity contribution in [2.24, 2.45) is 0 Å². The third-order valence-electron chi connectivity index (χ3n) is 9.36. The number of nitrogens with zero attached hydrogens (tertiary/aromatic N) is 5. The van der Waals surface area contributed by atoms with Crippen LogP contribution in [0, 0.1) is 5.82 Å². The van der Waals surface area contributed by atoms with E-state index in [1.807, 2.05) is 18.2 Å². The SMILES string of the molecule is COc1cc(CN2CCCCNC(=O)[C@@H]3C[C@@H](CN3C(=O)Cn3cnc4ccccc4c3=O)N(C(=O)c3ccccc3)CCC2)ccc1F. The number of amides is 3. The first-order valence-corrected chi connectivity index (χ1v) is 16.7. The highest BCUT2D eigenvalue weighted by atomic mass is 19.1. The second-order valence-electron chi connectivity index (χ2n) is 12.6. The fourth-order valence-electron chi connectivity index (χ4n) is 6.80. The van der Waals surface area contributed by atoms with Crippen LogP contribution in [0.15, 0.2) is 83.9 Å². The molecule has 0 aliphatic carbocycles. The Bertz CT molecular complexity index is 1870. The predicted molar refractivity (Wildman–Crippen MR) is 182 cm³/mol. The van der Waals surface area contributed by atoms with Crippen molar-refractivity contribution in [3.8, 4) is 5.75 Å². The summed E-state index contributed by atoms with van der Waals surface area (Å²) in [6, 6.07) is 19.6. The van der Waals surface area contributed by atoms with Crippen LogP contribution < -0.4 is 15.6 Å². The first-order valence-electron chi connectivity index (χ1n) is 16.7. The van der Waals surface area contributed by atoms with E-state index in [1.54, 1.807) is 53.4 Å². The topological polar surface area (TPSA) is 117 Å². The fraction of sp³-hybridized carbons (Fsp3) is 0.378. The van der Waals surface area contributed by atoms with Gasteiger partial charge in [-0.2, -0.15) is 0 Å². The molecule has 1 aromatic heterocycles. The number of nitrogens with one attached hydrogen (secondary N) is 1. The number of rotatable bonds is 6. The van der Waals surface area contributed by atoms with Crippen molar-refractivity contribution in [3.63, 3.8) is 0 Å². The molecule has 3 amide bonds. The van der Waals surface area contributed by atoms with Gasteiger partial charge < -0.3 is 19.9 Å². The smallest absolute Gasteiger partial charge is 0.261 e. The van der Waals surface area contributed by atoms with E-state index < -0.39 is 17.9 Å². The molecule has 3 heterocycles. The van der Waals surface area contributed by atoms with E-state index in [0.717, 1.165) is 24.9 Å². The van der Waals surface area contributed by atoms with Crippen LogP contribution >= 0.6 is 0 Å². The molecule has 2 saturated heterocycles. The van der Waals surface area contributed by atoms with E-state index in [9.17, 15) is 23.6 Å². The summed E-state index contributed by atoms with van der Waals surface area (Å²) in [5.41, 5.74) is 1.65. The number of carbonyl (C=O) groups excluding carboxylic acids is 3. The van der Waals surface area contributed by atoms with Crippen molar-refractivity contribution in [2.75, 3.05) is 39.8 Å². The molecule has 6 rings (SSSR count). The van der Waals surface area contributed by atoms with Crippen LogP contribution in [0.1, 0.15) is 41.6 Å². The van der Waals surface area contributed by atoms with Gasteiger partial charge >= 0.3 is 0 Å². The average molecular weight is 669 g/mol. The van der Waals surface area contributed by atoms with Crippen molar-refractivity contribution in [2.45, 2.75) is 50.9 Å². The molecule has 0 spiro atoms. The predicted octanol–water partition coefficient (Wildman–Crippen LogP) is 3.46. The van der Waals surface area contributed by atoms with E-state index in [1.165, 1.54) is 29.0 Å². The highest BCUT2D eigenvalue weighted by Crippen LogP contribution is 2.26. The van der Waals surface area contributed by atoms with Gasteiger partial charge in [0.05, 0.1) is 30.4 Å². The van der Waals surface area contributed by atoms with E-state index in [0.29, 0.717) is 49.1 Å². The van der Waals surface area contributed by atoms with Crippen LogP contribution in [0.3, 0.4) is 0 Å². The summed E-state index contributed by atoms with van der Waals surface area (Å²) in [6.45, 7) is 2.72. The summed E-state index contributed by atoms with van der Waals surface area (Å²) in [7, 11) is 1.44. The Morgan fingerprint density at radius 3 is 2.53 bits per heavy atom. The van der Waals surface area contributed by atoms with E-state index in [-0.39, 0.29) is 48.5 Å². The minimum atomic E-state index is -0.791. The number of benzene rings is 3. The maximum atomic E-state index is 14.1. The Balaban J connectivity index is 1.25. The van der Waals surface area contributed by atoms with Crippen LogP contribution in [0.4, 0.5) is 4.39 Å².